The highest BCUT2D eigenvalue weighted by Gasteiger charge is 2.35. The lowest BCUT2D eigenvalue weighted by molar-refractivity contribution is -0.115. The van der Waals surface area contributed by atoms with Crippen molar-refractivity contribution in [2.24, 2.45) is 5.92 Å². The van der Waals surface area contributed by atoms with Crippen LogP contribution in [0.4, 0.5) is 0 Å². The first-order valence-corrected chi connectivity index (χ1v) is 9.02. The zero-order valence-electron chi connectivity index (χ0n) is 14.1. The van der Waals surface area contributed by atoms with E-state index in [0.29, 0.717) is 29.9 Å². The molecule has 2 bridgehead atoms. The monoisotopic (exact) mass is 369 g/mol. The first-order chi connectivity index (χ1) is 12.6. The largest absolute Gasteiger partial charge is 0.465 e. The molecule has 1 fully saturated rings. The second kappa shape index (κ2) is 6.92. The minimum Gasteiger partial charge on any atom is -0.465 e. The summed E-state index contributed by atoms with van der Waals surface area (Å²) in [5, 5.41) is 3.19. The van der Waals surface area contributed by atoms with Crippen LogP contribution >= 0.6 is 12.2 Å². The van der Waals surface area contributed by atoms with Gasteiger partial charge < -0.3 is 13.9 Å². The van der Waals surface area contributed by atoms with E-state index in [1.807, 2.05) is 21.6 Å². The van der Waals surface area contributed by atoms with Crippen molar-refractivity contribution in [3.05, 3.63) is 64.5 Å². The average molecular weight is 369 g/mol. The zero-order chi connectivity index (χ0) is 18.1. The summed E-state index contributed by atoms with van der Waals surface area (Å²) in [7, 11) is 0. The highest BCUT2D eigenvalue weighted by molar-refractivity contribution is 7.80. The third-order valence-electron chi connectivity index (χ3n) is 4.94. The van der Waals surface area contributed by atoms with E-state index in [1.54, 1.807) is 30.5 Å². The molecule has 26 heavy (non-hydrogen) atoms. The molecular formula is C19H19N3O3S. The lowest BCUT2D eigenvalue weighted by Crippen LogP contribution is -2.52. The topological polar surface area (TPSA) is 67.5 Å². The fraction of sp³-hybridized carbons (Fsp3) is 0.316. The number of fused-ring (bicyclic) bond motifs is 4. The highest BCUT2D eigenvalue weighted by atomic mass is 32.1. The Hall–Kier alpha value is -2.67. The maximum atomic E-state index is 12.1. The maximum absolute atomic E-state index is 12.1. The molecule has 2 aromatic heterocycles. The molecule has 1 amide bonds. The minimum absolute atomic E-state index is 0.0598. The number of piperidine rings is 1. The van der Waals surface area contributed by atoms with E-state index in [0.717, 1.165) is 18.7 Å². The average Bonchev–Trinajstić information content (AvgIpc) is 3.14. The number of likely N-dealkylation sites (tertiary alicyclic amines) is 1. The summed E-state index contributed by atoms with van der Waals surface area (Å²) in [4.78, 5) is 26.2. The summed E-state index contributed by atoms with van der Waals surface area (Å²) in [5.74, 6) is 0.944. The van der Waals surface area contributed by atoms with E-state index in [2.05, 4.69) is 5.32 Å². The summed E-state index contributed by atoms with van der Waals surface area (Å²) in [6, 6.07) is 8.97. The third kappa shape index (κ3) is 3.35. The molecule has 2 aromatic rings. The second-order valence-corrected chi connectivity index (χ2v) is 7.13. The number of thiocarbonyl (C=S) groups is 1. The molecule has 0 aromatic carbocycles. The number of amides is 1. The maximum Gasteiger partial charge on any atom is 0.250 e. The number of pyridine rings is 1. The Morgan fingerprint density at radius 1 is 1.23 bits per heavy atom. The van der Waals surface area contributed by atoms with Crippen LogP contribution in [-0.2, 0) is 11.3 Å². The van der Waals surface area contributed by atoms with Crippen LogP contribution in [0.25, 0.3) is 6.08 Å². The van der Waals surface area contributed by atoms with Crippen LogP contribution in [0.5, 0.6) is 0 Å². The van der Waals surface area contributed by atoms with Crippen molar-refractivity contribution in [3.8, 4) is 0 Å². The number of carbonyl (C=O) groups is 1. The molecule has 0 spiro atoms. The summed E-state index contributed by atoms with van der Waals surface area (Å²) in [6.07, 6.45) is 5.61. The van der Waals surface area contributed by atoms with Gasteiger partial charge in [0.2, 0.25) is 5.91 Å². The molecule has 134 valence electrons. The molecular weight excluding hydrogens is 350 g/mol. The van der Waals surface area contributed by atoms with E-state index in [4.69, 9.17) is 16.6 Å². The summed E-state index contributed by atoms with van der Waals surface area (Å²) >= 11 is 5.43. The number of aromatic nitrogens is 1. The van der Waals surface area contributed by atoms with E-state index in [1.165, 1.54) is 6.08 Å². The second-order valence-electron chi connectivity index (χ2n) is 6.75. The van der Waals surface area contributed by atoms with Gasteiger partial charge in [-0.15, -0.1) is 0 Å². The fourth-order valence-corrected chi connectivity index (χ4v) is 4.08. The SMILES string of the molecule is O=C(/C=C/c1ccco1)NC(=S)N1C[C@H]2C[C@H](C1)c1cccc(=O)n1C2. The van der Waals surface area contributed by atoms with Crippen molar-refractivity contribution < 1.29 is 9.21 Å². The van der Waals surface area contributed by atoms with Gasteiger partial charge in [0.25, 0.3) is 5.56 Å². The first kappa shape index (κ1) is 16.8. The van der Waals surface area contributed by atoms with Crippen LogP contribution in [0.15, 0.2) is 51.9 Å². The van der Waals surface area contributed by atoms with Crippen molar-refractivity contribution in [2.75, 3.05) is 13.1 Å². The van der Waals surface area contributed by atoms with Crippen LogP contribution in [0, 0.1) is 5.92 Å². The van der Waals surface area contributed by atoms with Gasteiger partial charge >= 0.3 is 0 Å². The Morgan fingerprint density at radius 3 is 2.92 bits per heavy atom. The number of rotatable bonds is 2. The summed E-state index contributed by atoms with van der Waals surface area (Å²) in [5.41, 5.74) is 1.12. The van der Waals surface area contributed by atoms with Crippen molar-refractivity contribution >= 4 is 29.3 Å². The normalized spacial score (nSPS) is 21.5. The van der Waals surface area contributed by atoms with E-state index in [9.17, 15) is 9.59 Å². The number of nitrogens with one attached hydrogen (secondary N) is 1. The molecule has 1 saturated heterocycles. The third-order valence-corrected chi connectivity index (χ3v) is 5.30. The molecule has 2 atom stereocenters. The van der Waals surface area contributed by atoms with Gasteiger partial charge in [0.1, 0.15) is 5.76 Å². The van der Waals surface area contributed by atoms with Gasteiger partial charge in [0, 0.05) is 43.4 Å². The van der Waals surface area contributed by atoms with Gasteiger partial charge in [0.05, 0.1) is 6.26 Å². The quantitative estimate of drug-likeness (QED) is 0.648. The van der Waals surface area contributed by atoms with Crippen LogP contribution in [0.3, 0.4) is 0 Å². The molecule has 2 aliphatic rings. The first-order valence-electron chi connectivity index (χ1n) is 8.61. The predicted octanol–water partition coefficient (Wildman–Crippen LogP) is 1.97. The smallest absolute Gasteiger partial charge is 0.250 e. The van der Waals surface area contributed by atoms with Gasteiger partial charge in [-0.05, 0) is 48.8 Å². The van der Waals surface area contributed by atoms with Gasteiger partial charge in [-0.1, -0.05) is 6.07 Å². The molecule has 4 heterocycles. The van der Waals surface area contributed by atoms with Gasteiger partial charge in [-0.25, -0.2) is 0 Å². The van der Waals surface area contributed by atoms with Crippen molar-refractivity contribution in [3.63, 3.8) is 0 Å². The Kier molecular flexibility index (Phi) is 4.46. The lowest BCUT2D eigenvalue weighted by atomic mass is 9.83. The fourth-order valence-electron chi connectivity index (χ4n) is 3.83. The van der Waals surface area contributed by atoms with Gasteiger partial charge in [-0.2, -0.15) is 0 Å². The van der Waals surface area contributed by atoms with Gasteiger partial charge in [0.15, 0.2) is 5.11 Å². The van der Waals surface area contributed by atoms with Crippen LogP contribution in [0.2, 0.25) is 0 Å². The minimum atomic E-state index is -0.279. The summed E-state index contributed by atoms with van der Waals surface area (Å²) < 4.78 is 7.04. The predicted molar refractivity (Wildman–Crippen MR) is 102 cm³/mol. The molecule has 6 nitrogen and oxygen atoms in total. The molecule has 0 aliphatic carbocycles. The lowest BCUT2D eigenvalue weighted by Gasteiger charge is -2.43. The Bertz CT molecular complexity index is 916. The van der Waals surface area contributed by atoms with Crippen LogP contribution in [-0.4, -0.2) is 33.6 Å². The number of nitrogens with zero attached hydrogens (tertiary/aromatic N) is 2. The van der Waals surface area contributed by atoms with Crippen molar-refractivity contribution in [1.29, 1.82) is 0 Å². The highest BCUT2D eigenvalue weighted by Crippen LogP contribution is 2.34. The molecule has 0 saturated carbocycles. The number of hydrogen-bond acceptors (Lipinski definition) is 4. The number of furan rings is 1. The van der Waals surface area contributed by atoms with E-state index in [-0.39, 0.29) is 17.4 Å². The van der Waals surface area contributed by atoms with E-state index < -0.39 is 0 Å². The molecule has 7 heteroatoms. The molecule has 0 radical (unpaired) electrons. The summed E-state index contributed by atoms with van der Waals surface area (Å²) in [6.45, 7) is 2.16. The van der Waals surface area contributed by atoms with Crippen LogP contribution < -0.4 is 10.9 Å². The van der Waals surface area contributed by atoms with Crippen molar-refractivity contribution in [1.82, 2.24) is 14.8 Å². The molecule has 0 unspecified atom stereocenters. The van der Waals surface area contributed by atoms with E-state index >= 15 is 0 Å². The number of hydrogen-bond donors (Lipinski definition) is 1. The zero-order valence-corrected chi connectivity index (χ0v) is 14.9. The Balaban J connectivity index is 1.42. The molecule has 1 N–H and O–H groups in total. The Labute approximate surface area is 156 Å². The van der Waals surface area contributed by atoms with Crippen molar-refractivity contribution in [2.45, 2.75) is 18.9 Å². The molecule has 2 aliphatic heterocycles. The standard InChI is InChI=1S/C19H19N3O3S/c23-17(7-6-15-3-2-8-25-15)20-19(26)21-10-13-9-14(12-21)16-4-1-5-18(24)22(16)11-13/h1-8,13-14H,9-12H2,(H,20,23,26)/b7-6+/t13-,14-/m1/s1. The van der Waals surface area contributed by atoms with Crippen LogP contribution in [0.1, 0.15) is 23.8 Å². The molecule has 4 rings (SSSR count). The Morgan fingerprint density at radius 2 is 2.12 bits per heavy atom. The van der Waals surface area contributed by atoms with Gasteiger partial charge in [-0.3, -0.25) is 14.9 Å². The number of carbonyl (C=O) groups excluding carboxylic acids is 1.